The topological polar surface area (TPSA) is 37.8 Å². The number of rotatable bonds is 3. The van der Waals surface area contributed by atoms with E-state index in [1.54, 1.807) is 0 Å². The van der Waals surface area contributed by atoms with Gasteiger partial charge in [0.2, 0.25) is 0 Å². The van der Waals surface area contributed by atoms with E-state index in [4.69, 9.17) is 0 Å². The zero-order valence-corrected chi connectivity index (χ0v) is 10.8. The number of hydrogen-bond donors (Lipinski definition) is 1. The molecule has 3 heteroatoms. The highest BCUT2D eigenvalue weighted by atomic mass is 14.9. The SMILES string of the molecule is CCNc1ccnc(-c2cccc3ccncc23)c1. The van der Waals surface area contributed by atoms with E-state index in [9.17, 15) is 0 Å². The van der Waals surface area contributed by atoms with Crippen LogP contribution in [0.4, 0.5) is 5.69 Å². The number of hydrogen-bond acceptors (Lipinski definition) is 3. The Hall–Kier alpha value is -2.42. The predicted octanol–water partition coefficient (Wildman–Crippen LogP) is 3.73. The molecule has 0 radical (unpaired) electrons. The summed E-state index contributed by atoms with van der Waals surface area (Å²) in [4.78, 5) is 8.69. The average molecular weight is 249 g/mol. The molecule has 0 spiro atoms. The number of benzene rings is 1. The van der Waals surface area contributed by atoms with Crippen LogP contribution in [-0.4, -0.2) is 16.5 Å². The standard InChI is InChI=1S/C16H15N3/c1-2-18-13-7-9-19-16(10-13)14-5-3-4-12-6-8-17-11-15(12)14/h3-11H,2H2,1H3,(H,18,19). The quantitative estimate of drug-likeness (QED) is 0.768. The lowest BCUT2D eigenvalue weighted by Crippen LogP contribution is -1.97. The van der Waals surface area contributed by atoms with E-state index in [0.29, 0.717) is 0 Å². The van der Waals surface area contributed by atoms with Gasteiger partial charge in [0.1, 0.15) is 0 Å². The highest BCUT2D eigenvalue weighted by Crippen LogP contribution is 2.27. The Labute approximate surface area is 112 Å². The first-order valence-electron chi connectivity index (χ1n) is 6.41. The first-order chi connectivity index (χ1) is 9.38. The Balaban J connectivity index is 2.16. The maximum absolute atomic E-state index is 4.47. The van der Waals surface area contributed by atoms with Crippen LogP contribution in [0.15, 0.2) is 55.0 Å². The molecule has 1 N–H and O–H groups in total. The third-order valence-corrected chi connectivity index (χ3v) is 3.10. The molecule has 0 atom stereocenters. The molecule has 19 heavy (non-hydrogen) atoms. The Bertz CT molecular complexity index is 702. The van der Waals surface area contributed by atoms with E-state index in [2.05, 4.69) is 46.5 Å². The molecule has 0 saturated carbocycles. The van der Waals surface area contributed by atoms with E-state index < -0.39 is 0 Å². The third-order valence-electron chi connectivity index (χ3n) is 3.10. The zero-order chi connectivity index (χ0) is 13.1. The molecule has 0 saturated heterocycles. The van der Waals surface area contributed by atoms with Gasteiger partial charge in [-0.3, -0.25) is 9.97 Å². The number of nitrogens with zero attached hydrogens (tertiary/aromatic N) is 2. The lowest BCUT2D eigenvalue weighted by atomic mass is 10.0. The molecular formula is C16H15N3. The van der Waals surface area contributed by atoms with E-state index >= 15 is 0 Å². The Morgan fingerprint density at radius 3 is 2.95 bits per heavy atom. The number of nitrogens with one attached hydrogen (secondary N) is 1. The summed E-state index contributed by atoms with van der Waals surface area (Å²) in [5, 5.41) is 5.62. The van der Waals surface area contributed by atoms with Crippen LogP contribution < -0.4 is 5.32 Å². The maximum atomic E-state index is 4.47. The van der Waals surface area contributed by atoms with Gasteiger partial charge in [-0.1, -0.05) is 18.2 Å². The second-order valence-corrected chi connectivity index (χ2v) is 4.36. The molecule has 2 heterocycles. The van der Waals surface area contributed by atoms with Crippen molar-refractivity contribution in [3.05, 3.63) is 55.0 Å². The van der Waals surface area contributed by atoms with Gasteiger partial charge in [0.25, 0.3) is 0 Å². The summed E-state index contributed by atoms with van der Waals surface area (Å²) in [6.07, 6.45) is 5.55. The van der Waals surface area contributed by atoms with Crippen molar-refractivity contribution < 1.29 is 0 Å². The summed E-state index contributed by atoms with van der Waals surface area (Å²) in [5.41, 5.74) is 3.18. The average Bonchev–Trinajstić information content (AvgIpc) is 2.47. The van der Waals surface area contributed by atoms with Crippen molar-refractivity contribution in [2.24, 2.45) is 0 Å². The summed E-state index contributed by atoms with van der Waals surface area (Å²) in [6.45, 7) is 2.99. The monoisotopic (exact) mass is 249 g/mol. The second kappa shape index (κ2) is 5.06. The van der Waals surface area contributed by atoms with Crippen molar-refractivity contribution in [2.45, 2.75) is 6.92 Å². The summed E-state index contributed by atoms with van der Waals surface area (Å²) >= 11 is 0. The predicted molar refractivity (Wildman–Crippen MR) is 79.1 cm³/mol. The molecule has 0 aliphatic rings. The Morgan fingerprint density at radius 2 is 2.05 bits per heavy atom. The molecule has 0 bridgehead atoms. The fourth-order valence-electron chi connectivity index (χ4n) is 2.23. The van der Waals surface area contributed by atoms with Gasteiger partial charge in [-0.2, -0.15) is 0 Å². The highest BCUT2D eigenvalue weighted by Gasteiger charge is 2.05. The van der Waals surface area contributed by atoms with Gasteiger partial charge < -0.3 is 5.32 Å². The van der Waals surface area contributed by atoms with Crippen LogP contribution in [0, 0.1) is 0 Å². The maximum Gasteiger partial charge on any atom is 0.0729 e. The molecule has 0 aliphatic carbocycles. The minimum absolute atomic E-state index is 0.903. The van der Waals surface area contributed by atoms with Crippen LogP contribution >= 0.6 is 0 Å². The third kappa shape index (κ3) is 2.27. The molecule has 0 aliphatic heterocycles. The molecular weight excluding hydrogens is 234 g/mol. The van der Waals surface area contributed by atoms with Crippen LogP contribution in [0.2, 0.25) is 0 Å². The summed E-state index contributed by atoms with van der Waals surface area (Å²) in [6, 6.07) is 12.3. The lowest BCUT2D eigenvalue weighted by molar-refractivity contribution is 1.20. The van der Waals surface area contributed by atoms with Crippen LogP contribution in [0.3, 0.4) is 0 Å². The molecule has 94 valence electrons. The second-order valence-electron chi connectivity index (χ2n) is 4.36. The van der Waals surface area contributed by atoms with Gasteiger partial charge in [-0.15, -0.1) is 0 Å². The number of aromatic nitrogens is 2. The van der Waals surface area contributed by atoms with Crippen molar-refractivity contribution in [3.63, 3.8) is 0 Å². The summed E-state index contributed by atoms with van der Waals surface area (Å²) < 4.78 is 0. The number of pyridine rings is 2. The summed E-state index contributed by atoms with van der Waals surface area (Å²) in [7, 11) is 0. The molecule has 0 amide bonds. The fourth-order valence-corrected chi connectivity index (χ4v) is 2.23. The van der Waals surface area contributed by atoms with Crippen molar-refractivity contribution in [2.75, 3.05) is 11.9 Å². The van der Waals surface area contributed by atoms with Gasteiger partial charge in [-0.25, -0.2) is 0 Å². The first-order valence-corrected chi connectivity index (χ1v) is 6.41. The van der Waals surface area contributed by atoms with E-state index in [1.807, 2.05) is 30.7 Å². The zero-order valence-electron chi connectivity index (χ0n) is 10.8. The lowest BCUT2D eigenvalue weighted by Gasteiger charge is -2.08. The minimum atomic E-state index is 0.903. The Kier molecular flexibility index (Phi) is 3.11. The van der Waals surface area contributed by atoms with Gasteiger partial charge in [0.15, 0.2) is 0 Å². The van der Waals surface area contributed by atoms with Crippen molar-refractivity contribution in [3.8, 4) is 11.3 Å². The molecule has 2 aromatic heterocycles. The molecule has 0 unspecified atom stereocenters. The van der Waals surface area contributed by atoms with Gasteiger partial charge in [0, 0.05) is 41.8 Å². The fraction of sp³-hybridized carbons (Fsp3) is 0.125. The molecule has 3 rings (SSSR count). The van der Waals surface area contributed by atoms with E-state index in [1.165, 1.54) is 5.39 Å². The highest BCUT2D eigenvalue weighted by molar-refractivity contribution is 5.95. The molecule has 1 aromatic carbocycles. The van der Waals surface area contributed by atoms with Crippen molar-refractivity contribution >= 4 is 16.5 Å². The van der Waals surface area contributed by atoms with Crippen molar-refractivity contribution in [1.29, 1.82) is 0 Å². The Morgan fingerprint density at radius 1 is 1.11 bits per heavy atom. The molecule has 0 fully saturated rings. The van der Waals surface area contributed by atoms with Crippen LogP contribution in [0.1, 0.15) is 6.92 Å². The van der Waals surface area contributed by atoms with E-state index in [0.717, 1.165) is 28.9 Å². The van der Waals surface area contributed by atoms with Gasteiger partial charge in [0.05, 0.1) is 5.69 Å². The summed E-state index contributed by atoms with van der Waals surface area (Å²) in [5.74, 6) is 0. The minimum Gasteiger partial charge on any atom is -0.385 e. The number of fused-ring (bicyclic) bond motifs is 1. The first kappa shape index (κ1) is 11.7. The van der Waals surface area contributed by atoms with Gasteiger partial charge in [-0.05, 0) is 30.5 Å². The normalized spacial score (nSPS) is 10.6. The van der Waals surface area contributed by atoms with Crippen LogP contribution in [0.25, 0.3) is 22.0 Å². The molecule has 3 aromatic rings. The number of anilines is 1. The van der Waals surface area contributed by atoms with Gasteiger partial charge >= 0.3 is 0 Å². The molecule has 3 nitrogen and oxygen atoms in total. The van der Waals surface area contributed by atoms with E-state index in [-0.39, 0.29) is 0 Å². The smallest absolute Gasteiger partial charge is 0.0729 e. The largest absolute Gasteiger partial charge is 0.385 e. The van der Waals surface area contributed by atoms with Crippen LogP contribution in [-0.2, 0) is 0 Å². The van der Waals surface area contributed by atoms with Crippen LogP contribution in [0.5, 0.6) is 0 Å². The van der Waals surface area contributed by atoms with Crippen molar-refractivity contribution in [1.82, 2.24) is 9.97 Å².